The molecule has 14 heavy (non-hydrogen) atoms. The summed E-state index contributed by atoms with van der Waals surface area (Å²) in [5.74, 6) is 0. The van der Waals surface area contributed by atoms with Gasteiger partial charge in [0.25, 0.3) is 0 Å². The Morgan fingerprint density at radius 3 is 2.29 bits per heavy atom. The Morgan fingerprint density at radius 2 is 1.86 bits per heavy atom. The summed E-state index contributed by atoms with van der Waals surface area (Å²) in [6.45, 7) is -1.38. The molecule has 1 aromatic heterocycles. The zero-order valence-electron chi connectivity index (χ0n) is 8.05. The molecule has 1 rings (SSSR count). The predicted octanol–water partition coefficient (Wildman–Crippen LogP) is 1.19. The quantitative estimate of drug-likeness (QED) is 0.569. The standard InChI is InChI=1S/C8H12BF3N2/c1-6(2)14-4-7(9(10,11)12)3-8(13)5-14/h3-6H,13H2,1-2H3. The summed E-state index contributed by atoms with van der Waals surface area (Å²) < 4.78 is 38.7. The summed E-state index contributed by atoms with van der Waals surface area (Å²) in [5.41, 5.74) is 4.86. The third kappa shape index (κ3) is 2.40. The van der Waals surface area contributed by atoms with Crippen LogP contribution in [0.5, 0.6) is 0 Å². The van der Waals surface area contributed by atoms with Gasteiger partial charge in [0.15, 0.2) is 12.2 Å². The van der Waals surface area contributed by atoms with Crippen LogP contribution in [0.2, 0.25) is 0 Å². The Bertz CT molecular complexity index is 336. The van der Waals surface area contributed by atoms with Crippen LogP contribution < -0.4 is 15.8 Å². The first kappa shape index (κ1) is 10.9. The molecule has 0 aliphatic carbocycles. The van der Waals surface area contributed by atoms with E-state index in [9.17, 15) is 12.9 Å². The highest BCUT2D eigenvalue weighted by Gasteiger charge is 2.29. The van der Waals surface area contributed by atoms with Gasteiger partial charge in [0, 0.05) is 0 Å². The molecule has 1 heterocycles. The maximum atomic E-state index is 12.4. The van der Waals surface area contributed by atoms with E-state index in [0.717, 1.165) is 12.3 Å². The Balaban J connectivity index is 3.21. The highest BCUT2D eigenvalue weighted by atomic mass is 19.4. The summed E-state index contributed by atoms with van der Waals surface area (Å²) in [7, 11) is 0. The lowest BCUT2D eigenvalue weighted by atomic mass is 9.81. The summed E-state index contributed by atoms with van der Waals surface area (Å²) in [6, 6.07) is 0.925. The molecule has 0 saturated heterocycles. The van der Waals surface area contributed by atoms with Crippen LogP contribution in [0.4, 0.5) is 18.6 Å². The van der Waals surface area contributed by atoms with Crippen LogP contribution in [0.25, 0.3) is 0 Å². The third-order valence-electron chi connectivity index (χ3n) is 1.90. The molecule has 1 aromatic rings. The van der Waals surface area contributed by atoms with E-state index in [2.05, 4.69) is 0 Å². The second-order valence-corrected chi connectivity index (χ2v) is 3.52. The van der Waals surface area contributed by atoms with Gasteiger partial charge in [-0.15, -0.1) is 0 Å². The highest BCUT2D eigenvalue weighted by Crippen LogP contribution is 2.09. The van der Waals surface area contributed by atoms with Gasteiger partial charge in [-0.2, -0.15) is 0 Å². The molecule has 2 nitrogen and oxygen atoms in total. The Hall–Kier alpha value is -1.20. The largest absolute Gasteiger partial charge is 0.515 e. The molecule has 0 amide bonds. The molecule has 0 saturated carbocycles. The van der Waals surface area contributed by atoms with E-state index in [4.69, 9.17) is 5.73 Å². The molecule has 6 heteroatoms. The van der Waals surface area contributed by atoms with Crippen molar-refractivity contribution in [3.8, 4) is 0 Å². The summed E-state index contributed by atoms with van der Waals surface area (Å²) in [5, 5.41) is 0. The highest BCUT2D eigenvalue weighted by molar-refractivity contribution is 6.73. The number of halogens is 3. The van der Waals surface area contributed by atoms with Crippen molar-refractivity contribution in [1.29, 1.82) is 0 Å². The minimum atomic E-state index is -4.97. The fraction of sp³-hybridized carbons (Fsp3) is 0.375. The second-order valence-electron chi connectivity index (χ2n) is 3.52. The van der Waals surface area contributed by atoms with Crippen LogP contribution in [0.3, 0.4) is 0 Å². The Labute approximate surface area is 80.6 Å². The number of anilines is 1. The minimum Gasteiger partial charge on any atom is -0.445 e. The lowest BCUT2D eigenvalue weighted by Crippen LogP contribution is -2.45. The van der Waals surface area contributed by atoms with E-state index in [1.54, 1.807) is 13.8 Å². The number of pyridine rings is 1. The smallest absolute Gasteiger partial charge is 0.445 e. The second kappa shape index (κ2) is 3.51. The molecule has 0 aromatic carbocycles. The van der Waals surface area contributed by atoms with Gasteiger partial charge in [0.1, 0.15) is 6.20 Å². The number of nitrogens with two attached hydrogens (primary N) is 1. The first-order valence-electron chi connectivity index (χ1n) is 4.32. The van der Waals surface area contributed by atoms with Gasteiger partial charge in [-0.25, -0.2) is 4.57 Å². The lowest BCUT2D eigenvalue weighted by molar-refractivity contribution is -0.714. The van der Waals surface area contributed by atoms with Gasteiger partial charge in [0.05, 0.1) is 5.69 Å². The third-order valence-corrected chi connectivity index (χ3v) is 1.90. The van der Waals surface area contributed by atoms with E-state index in [0.29, 0.717) is 0 Å². The van der Waals surface area contributed by atoms with Crippen LogP contribution in [0.1, 0.15) is 19.9 Å². The lowest BCUT2D eigenvalue weighted by Gasteiger charge is -2.14. The molecule has 0 aliphatic heterocycles. The molecule has 0 fully saturated rings. The fourth-order valence-electron chi connectivity index (χ4n) is 1.13. The molecule has 0 atom stereocenters. The van der Waals surface area contributed by atoms with Gasteiger partial charge < -0.3 is 18.7 Å². The number of hydrogen-bond donors (Lipinski definition) is 1. The van der Waals surface area contributed by atoms with Crippen LogP contribution in [-0.4, -0.2) is 6.98 Å². The predicted molar refractivity (Wildman–Crippen MR) is 50.1 cm³/mol. The van der Waals surface area contributed by atoms with Gasteiger partial charge in [-0.3, -0.25) is 0 Å². The van der Waals surface area contributed by atoms with Gasteiger partial charge >= 0.3 is 6.98 Å². The van der Waals surface area contributed by atoms with Gasteiger partial charge in [-0.05, 0) is 19.3 Å². The minimum absolute atomic E-state index is 0.0320. The maximum Gasteiger partial charge on any atom is 0.515 e. The Morgan fingerprint density at radius 1 is 1.29 bits per heavy atom. The van der Waals surface area contributed by atoms with E-state index in [-0.39, 0.29) is 11.7 Å². The van der Waals surface area contributed by atoms with Crippen LogP contribution in [0.15, 0.2) is 18.5 Å². The summed E-state index contributed by atoms with van der Waals surface area (Å²) in [6.07, 6.45) is 2.58. The van der Waals surface area contributed by atoms with Crippen molar-refractivity contribution in [3.63, 3.8) is 0 Å². The van der Waals surface area contributed by atoms with E-state index in [1.807, 2.05) is 0 Å². The normalized spacial score (nSPS) is 12.1. The topological polar surface area (TPSA) is 29.9 Å². The number of nitrogens with zero attached hydrogens (tertiary/aromatic N) is 1. The monoisotopic (exact) mass is 204 g/mol. The van der Waals surface area contributed by atoms with E-state index >= 15 is 0 Å². The first-order chi connectivity index (χ1) is 6.30. The van der Waals surface area contributed by atoms with Crippen molar-refractivity contribution in [2.45, 2.75) is 19.9 Å². The van der Waals surface area contributed by atoms with Crippen LogP contribution >= 0.6 is 0 Å². The summed E-state index contributed by atoms with van der Waals surface area (Å²) >= 11 is 0. The molecule has 0 bridgehead atoms. The van der Waals surface area contributed by atoms with Gasteiger partial charge in [-0.1, -0.05) is 6.07 Å². The molecule has 2 N–H and O–H groups in total. The number of aromatic nitrogens is 1. The van der Waals surface area contributed by atoms with Crippen molar-refractivity contribution in [1.82, 2.24) is 0 Å². The van der Waals surface area contributed by atoms with Crippen molar-refractivity contribution < 1.29 is 17.5 Å². The van der Waals surface area contributed by atoms with Crippen molar-refractivity contribution in [3.05, 3.63) is 18.5 Å². The van der Waals surface area contributed by atoms with Crippen LogP contribution in [0, 0.1) is 0 Å². The zero-order chi connectivity index (χ0) is 10.9. The van der Waals surface area contributed by atoms with Crippen molar-refractivity contribution in [2.24, 2.45) is 0 Å². The molecule has 0 aliphatic rings. The molecule has 78 valence electrons. The number of hydrogen-bond acceptors (Lipinski definition) is 1. The first-order valence-corrected chi connectivity index (χ1v) is 4.32. The molecule has 0 unspecified atom stereocenters. The average Bonchev–Trinajstić information content (AvgIpc) is 2.01. The molecular formula is C8H12BF3N2. The number of nitrogen functional groups attached to an aromatic ring is 1. The van der Waals surface area contributed by atoms with E-state index < -0.39 is 12.4 Å². The molecule has 0 spiro atoms. The average molecular weight is 204 g/mol. The zero-order valence-corrected chi connectivity index (χ0v) is 8.05. The van der Waals surface area contributed by atoms with Crippen molar-refractivity contribution in [2.75, 3.05) is 5.73 Å². The fourth-order valence-corrected chi connectivity index (χ4v) is 1.13. The summed E-state index contributed by atoms with van der Waals surface area (Å²) in [4.78, 5) is 0. The van der Waals surface area contributed by atoms with Crippen LogP contribution in [-0.2, 0) is 0 Å². The maximum absolute atomic E-state index is 12.4. The molecule has 0 radical (unpaired) electrons. The van der Waals surface area contributed by atoms with Crippen molar-refractivity contribution >= 4 is 18.1 Å². The van der Waals surface area contributed by atoms with Gasteiger partial charge in [0.2, 0.25) is 0 Å². The number of rotatable bonds is 2. The van der Waals surface area contributed by atoms with E-state index in [1.165, 1.54) is 10.8 Å². The molecular weight excluding hydrogens is 192 g/mol. The Kier molecular flexibility index (Phi) is 2.73. The SMILES string of the molecule is CC(C)[n+]1cc(N)cc([B-](F)(F)F)c1.